The van der Waals surface area contributed by atoms with E-state index in [4.69, 9.17) is 16.3 Å². The molecule has 0 bridgehead atoms. The van der Waals surface area contributed by atoms with Crippen molar-refractivity contribution in [1.29, 1.82) is 0 Å². The van der Waals surface area contributed by atoms with Crippen LogP contribution in [0.1, 0.15) is 26.9 Å². The molecule has 1 unspecified atom stereocenters. The van der Waals surface area contributed by atoms with Gasteiger partial charge in [-0.3, -0.25) is 4.79 Å². The Labute approximate surface area is 181 Å². The first kappa shape index (κ1) is 20.4. The van der Waals surface area contributed by atoms with Crippen LogP contribution in [0.5, 0.6) is 5.75 Å². The molecule has 0 fully saturated rings. The summed E-state index contributed by atoms with van der Waals surface area (Å²) in [5, 5.41) is 5.77. The van der Waals surface area contributed by atoms with E-state index in [0.717, 1.165) is 6.07 Å². The lowest BCUT2D eigenvalue weighted by atomic mass is 10.1. The molecule has 0 saturated carbocycles. The van der Waals surface area contributed by atoms with Gasteiger partial charge in [-0.15, -0.1) is 0 Å². The zero-order chi connectivity index (χ0) is 21.3. The fourth-order valence-electron chi connectivity index (χ4n) is 3.05. The van der Waals surface area contributed by atoms with Gasteiger partial charge in [-0.1, -0.05) is 41.6 Å². The number of carbonyl (C=O) groups excluding carboxylic acids is 1. The average molecular weight is 445 g/mol. The molecule has 1 aliphatic heterocycles. The van der Waals surface area contributed by atoms with Gasteiger partial charge in [0.15, 0.2) is 0 Å². The molecular weight excluding hydrogens is 430 g/mol. The number of nitrogens with zero attached hydrogens (tertiary/aromatic N) is 2. The molecular formula is C22H15ClF2N2O2S. The van der Waals surface area contributed by atoms with Gasteiger partial charge in [-0.05, 0) is 48.5 Å². The van der Waals surface area contributed by atoms with Crippen molar-refractivity contribution in [2.24, 2.45) is 5.10 Å². The van der Waals surface area contributed by atoms with E-state index in [1.807, 2.05) is 18.2 Å². The topological polar surface area (TPSA) is 41.9 Å². The van der Waals surface area contributed by atoms with Crippen LogP contribution in [0.15, 0.2) is 71.8 Å². The summed E-state index contributed by atoms with van der Waals surface area (Å²) in [6.45, 7) is 0. The number of methoxy groups -OCH3 is 1. The van der Waals surface area contributed by atoms with Gasteiger partial charge in [0, 0.05) is 16.1 Å². The second-order valence-corrected chi connectivity index (χ2v) is 7.90. The molecule has 3 aromatic carbocycles. The largest absolute Gasteiger partial charge is 0.496 e. The van der Waals surface area contributed by atoms with Gasteiger partial charge in [-0.25, -0.2) is 13.8 Å². The van der Waals surface area contributed by atoms with E-state index < -0.39 is 17.1 Å². The van der Waals surface area contributed by atoms with Gasteiger partial charge in [-0.2, -0.15) is 5.10 Å². The molecule has 1 amide bonds. The van der Waals surface area contributed by atoms with Gasteiger partial charge in [0.1, 0.15) is 27.8 Å². The number of hydrogen-bond acceptors (Lipinski definition) is 4. The summed E-state index contributed by atoms with van der Waals surface area (Å²) in [4.78, 5) is 13.2. The maximum absolute atomic E-state index is 14.4. The SMILES string of the molecule is COc1ccccc1C1SC(c2ccc(F)cc2)=NN1C(=O)c1ccc(Cl)cc1F. The smallest absolute Gasteiger partial charge is 0.278 e. The Kier molecular flexibility index (Phi) is 5.74. The molecule has 8 heteroatoms. The number of thioether (sulfide) groups is 1. The predicted octanol–water partition coefficient (Wildman–Crippen LogP) is 5.88. The normalized spacial score (nSPS) is 15.8. The molecule has 1 atom stereocenters. The van der Waals surface area contributed by atoms with Gasteiger partial charge >= 0.3 is 0 Å². The predicted molar refractivity (Wildman–Crippen MR) is 114 cm³/mol. The number of hydrogen-bond donors (Lipinski definition) is 0. The van der Waals surface area contributed by atoms with Crippen molar-refractivity contribution in [2.45, 2.75) is 5.37 Å². The van der Waals surface area contributed by atoms with E-state index in [9.17, 15) is 13.6 Å². The first-order valence-electron chi connectivity index (χ1n) is 8.90. The van der Waals surface area contributed by atoms with Crippen LogP contribution in [0.3, 0.4) is 0 Å². The minimum Gasteiger partial charge on any atom is -0.496 e. The zero-order valence-corrected chi connectivity index (χ0v) is 17.3. The van der Waals surface area contributed by atoms with Gasteiger partial charge in [0.2, 0.25) is 0 Å². The zero-order valence-electron chi connectivity index (χ0n) is 15.7. The average Bonchev–Trinajstić information content (AvgIpc) is 3.19. The van der Waals surface area contributed by atoms with E-state index in [2.05, 4.69) is 5.10 Å². The Morgan fingerprint density at radius 3 is 2.53 bits per heavy atom. The molecule has 1 aliphatic rings. The highest BCUT2D eigenvalue weighted by Crippen LogP contribution is 2.45. The van der Waals surface area contributed by atoms with Crippen LogP contribution >= 0.6 is 23.4 Å². The van der Waals surface area contributed by atoms with Gasteiger partial charge in [0.05, 0.1) is 12.7 Å². The third kappa shape index (κ3) is 3.91. The lowest BCUT2D eigenvalue weighted by molar-refractivity contribution is 0.0743. The van der Waals surface area contributed by atoms with Crippen LogP contribution in [-0.2, 0) is 0 Å². The fourth-order valence-corrected chi connectivity index (χ4v) is 4.39. The monoisotopic (exact) mass is 444 g/mol. The van der Waals surface area contributed by atoms with Crippen LogP contribution in [-0.4, -0.2) is 23.1 Å². The maximum atomic E-state index is 14.4. The summed E-state index contributed by atoms with van der Waals surface area (Å²) < 4.78 is 33.2. The molecule has 1 heterocycles. The molecule has 0 radical (unpaired) electrons. The molecule has 3 aromatic rings. The standard InChI is InChI=1S/C22H15ClF2N2O2S/c1-29-19-5-3-2-4-17(19)22-27(21(28)16-11-8-14(23)12-18(16)25)26-20(30-22)13-6-9-15(24)10-7-13/h2-12,22H,1H3. The van der Waals surface area contributed by atoms with Crippen molar-refractivity contribution in [3.05, 3.63) is 100 Å². The second-order valence-electron chi connectivity index (χ2n) is 6.40. The van der Waals surface area contributed by atoms with Gasteiger partial charge in [0.25, 0.3) is 5.91 Å². The van der Waals surface area contributed by atoms with Crippen molar-refractivity contribution in [3.63, 3.8) is 0 Å². The van der Waals surface area contributed by atoms with Crippen LogP contribution in [0, 0.1) is 11.6 Å². The van der Waals surface area contributed by atoms with E-state index >= 15 is 0 Å². The van der Waals surface area contributed by atoms with Crippen LogP contribution < -0.4 is 4.74 Å². The maximum Gasteiger partial charge on any atom is 0.278 e. The molecule has 4 rings (SSSR count). The summed E-state index contributed by atoms with van der Waals surface area (Å²) in [7, 11) is 1.53. The fraction of sp³-hybridized carbons (Fsp3) is 0.0909. The summed E-state index contributed by atoms with van der Waals surface area (Å²) >= 11 is 7.11. The summed E-state index contributed by atoms with van der Waals surface area (Å²) in [5.74, 6) is -1.16. The lowest BCUT2D eigenvalue weighted by Crippen LogP contribution is -2.27. The van der Waals surface area contributed by atoms with Crippen LogP contribution in [0.4, 0.5) is 8.78 Å². The molecule has 0 aliphatic carbocycles. The number of hydrazone groups is 1. The number of rotatable bonds is 4. The second kappa shape index (κ2) is 8.45. The van der Waals surface area contributed by atoms with Crippen LogP contribution in [0.25, 0.3) is 0 Å². The first-order chi connectivity index (χ1) is 14.5. The molecule has 30 heavy (non-hydrogen) atoms. The number of ether oxygens (including phenoxy) is 1. The summed E-state index contributed by atoms with van der Waals surface area (Å²) in [5.41, 5.74) is 1.20. The van der Waals surface area contributed by atoms with E-state index in [0.29, 0.717) is 21.9 Å². The molecule has 0 aromatic heterocycles. The van der Waals surface area contributed by atoms with Gasteiger partial charge < -0.3 is 4.74 Å². The van der Waals surface area contributed by atoms with E-state index in [-0.39, 0.29) is 16.4 Å². The Morgan fingerprint density at radius 1 is 1.10 bits per heavy atom. The third-order valence-corrected chi connectivity index (χ3v) is 5.96. The Hall–Kier alpha value is -2.90. The molecule has 0 spiro atoms. The van der Waals surface area contributed by atoms with Crippen molar-refractivity contribution in [1.82, 2.24) is 5.01 Å². The molecule has 4 nitrogen and oxygen atoms in total. The Morgan fingerprint density at radius 2 is 1.83 bits per heavy atom. The summed E-state index contributed by atoms with van der Waals surface area (Å²) in [6.07, 6.45) is 0. The highest BCUT2D eigenvalue weighted by molar-refractivity contribution is 8.14. The van der Waals surface area contributed by atoms with E-state index in [1.165, 1.54) is 48.1 Å². The first-order valence-corrected chi connectivity index (χ1v) is 10.2. The Bertz CT molecular complexity index is 1140. The minimum atomic E-state index is -0.735. The Balaban J connectivity index is 1.78. The number of halogens is 3. The van der Waals surface area contributed by atoms with Crippen molar-refractivity contribution in [2.75, 3.05) is 7.11 Å². The minimum absolute atomic E-state index is 0.149. The molecule has 152 valence electrons. The van der Waals surface area contributed by atoms with Crippen molar-refractivity contribution < 1.29 is 18.3 Å². The number of benzene rings is 3. The van der Waals surface area contributed by atoms with Crippen molar-refractivity contribution >= 4 is 34.3 Å². The van der Waals surface area contributed by atoms with Crippen molar-refractivity contribution in [3.8, 4) is 5.75 Å². The third-order valence-electron chi connectivity index (χ3n) is 4.51. The molecule has 0 saturated heterocycles. The number of para-hydroxylation sites is 1. The van der Waals surface area contributed by atoms with Crippen LogP contribution in [0.2, 0.25) is 5.02 Å². The highest BCUT2D eigenvalue weighted by atomic mass is 35.5. The molecule has 0 N–H and O–H groups in total. The number of amides is 1. The lowest BCUT2D eigenvalue weighted by Gasteiger charge is -2.23. The highest BCUT2D eigenvalue weighted by Gasteiger charge is 2.37. The quantitative estimate of drug-likeness (QED) is 0.505. The number of carbonyl (C=O) groups is 1. The summed E-state index contributed by atoms with van der Waals surface area (Å²) in [6, 6.07) is 16.9. The van der Waals surface area contributed by atoms with E-state index in [1.54, 1.807) is 18.2 Å².